The van der Waals surface area contributed by atoms with Crippen LogP contribution in [-0.4, -0.2) is 45.1 Å². The van der Waals surface area contributed by atoms with Crippen LogP contribution in [0.3, 0.4) is 0 Å². The van der Waals surface area contributed by atoms with E-state index in [4.69, 9.17) is 0 Å². The molecule has 5 rings (SSSR count). The normalized spacial score (nSPS) is 24.0. The Morgan fingerprint density at radius 3 is 2.32 bits per heavy atom. The van der Waals surface area contributed by atoms with E-state index in [1.54, 1.807) is 12.1 Å². The lowest BCUT2D eigenvalue weighted by atomic mass is 9.78. The van der Waals surface area contributed by atoms with Crippen molar-refractivity contribution in [2.45, 2.75) is 12.8 Å². The first kappa shape index (κ1) is 19.0. The lowest BCUT2D eigenvalue weighted by Gasteiger charge is -2.43. The van der Waals surface area contributed by atoms with E-state index in [-0.39, 0.29) is 11.8 Å². The van der Waals surface area contributed by atoms with Crippen LogP contribution >= 0.6 is 0 Å². The smallest absolute Gasteiger partial charge is 0.229 e. The standard InChI is InChI=1S/C21H25N3O3S/c1-28(26,27)23-20-13-17(15-5-3-2-4-6-15)7-8-19(20)22-21(25)18-14-24-11-9-16(18)10-12-24/h2-8,13,16,18,23H,9-12,14H2,1H3,(H,22,25). The van der Waals surface area contributed by atoms with Gasteiger partial charge < -0.3 is 10.2 Å². The number of fused-ring (bicyclic) bond motifs is 3. The quantitative estimate of drug-likeness (QED) is 0.810. The van der Waals surface area contributed by atoms with Gasteiger partial charge in [-0.1, -0.05) is 36.4 Å². The summed E-state index contributed by atoms with van der Waals surface area (Å²) >= 11 is 0. The average molecular weight is 400 g/mol. The molecule has 7 heteroatoms. The molecule has 3 heterocycles. The Labute approximate surface area is 166 Å². The summed E-state index contributed by atoms with van der Waals surface area (Å²) in [5.41, 5.74) is 2.74. The summed E-state index contributed by atoms with van der Waals surface area (Å²) in [5, 5.41) is 2.97. The minimum Gasteiger partial charge on any atom is -0.324 e. The van der Waals surface area contributed by atoms with E-state index in [1.807, 2.05) is 36.4 Å². The van der Waals surface area contributed by atoms with E-state index in [1.165, 1.54) is 0 Å². The summed E-state index contributed by atoms with van der Waals surface area (Å²) in [6, 6.07) is 15.2. The fourth-order valence-electron chi connectivity index (χ4n) is 4.24. The molecule has 3 saturated heterocycles. The third-order valence-corrected chi connectivity index (χ3v) is 6.26. The fraction of sp³-hybridized carbons (Fsp3) is 0.381. The molecule has 2 N–H and O–H groups in total. The van der Waals surface area contributed by atoms with E-state index in [0.717, 1.165) is 49.9 Å². The topological polar surface area (TPSA) is 78.5 Å². The van der Waals surface area contributed by atoms with Crippen molar-refractivity contribution in [1.82, 2.24) is 4.90 Å². The minimum absolute atomic E-state index is 0.0292. The number of carbonyl (C=O) groups is 1. The summed E-state index contributed by atoms with van der Waals surface area (Å²) < 4.78 is 26.3. The van der Waals surface area contributed by atoms with Crippen molar-refractivity contribution < 1.29 is 13.2 Å². The molecule has 1 unspecified atom stereocenters. The van der Waals surface area contributed by atoms with E-state index in [9.17, 15) is 13.2 Å². The molecular weight excluding hydrogens is 374 g/mol. The van der Waals surface area contributed by atoms with Crippen LogP contribution in [0.1, 0.15) is 12.8 Å². The second-order valence-corrected chi connectivity index (χ2v) is 9.48. The molecular formula is C21H25N3O3S. The first-order valence-corrected chi connectivity index (χ1v) is 11.5. The molecule has 2 aromatic rings. The molecule has 2 aromatic carbocycles. The number of hydrogen-bond acceptors (Lipinski definition) is 4. The molecule has 1 amide bonds. The Hall–Kier alpha value is -2.38. The summed E-state index contributed by atoms with van der Waals surface area (Å²) in [7, 11) is -3.48. The number of anilines is 2. The van der Waals surface area contributed by atoms with Crippen LogP contribution in [0.15, 0.2) is 48.5 Å². The van der Waals surface area contributed by atoms with Gasteiger partial charge in [0.1, 0.15) is 0 Å². The predicted octanol–water partition coefficient (Wildman–Crippen LogP) is 3.01. The first-order chi connectivity index (χ1) is 13.4. The van der Waals surface area contributed by atoms with Crippen molar-refractivity contribution in [1.29, 1.82) is 0 Å². The van der Waals surface area contributed by atoms with Crippen molar-refractivity contribution in [3.8, 4) is 11.1 Å². The lowest BCUT2D eigenvalue weighted by Crippen LogP contribution is -2.51. The number of amides is 1. The molecule has 148 valence electrons. The van der Waals surface area contributed by atoms with Gasteiger partial charge in [0.05, 0.1) is 23.5 Å². The summed E-state index contributed by atoms with van der Waals surface area (Å²) in [6.07, 6.45) is 3.22. The third-order valence-electron chi connectivity index (χ3n) is 5.67. The van der Waals surface area contributed by atoms with Gasteiger partial charge >= 0.3 is 0 Å². The fourth-order valence-corrected chi connectivity index (χ4v) is 4.80. The Bertz CT molecular complexity index is 968. The van der Waals surface area contributed by atoms with Crippen molar-refractivity contribution in [2.24, 2.45) is 11.8 Å². The second-order valence-electron chi connectivity index (χ2n) is 7.73. The largest absolute Gasteiger partial charge is 0.324 e. The zero-order valence-electron chi connectivity index (χ0n) is 15.9. The van der Waals surface area contributed by atoms with Gasteiger partial charge in [0.15, 0.2) is 0 Å². The Kier molecular flexibility index (Phi) is 5.12. The van der Waals surface area contributed by atoms with Crippen LogP contribution in [0, 0.1) is 11.8 Å². The van der Waals surface area contributed by atoms with Crippen LogP contribution in [0.2, 0.25) is 0 Å². The predicted molar refractivity (Wildman–Crippen MR) is 112 cm³/mol. The summed E-state index contributed by atoms with van der Waals surface area (Å²) in [4.78, 5) is 15.2. The van der Waals surface area contributed by atoms with Gasteiger partial charge in [-0.2, -0.15) is 0 Å². The minimum atomic E-state index is -3.48. The number of hydrogen-bond donors (Lipinski definition) is 2. The molecule has 0 radical (unpaired) electrons. The van der Waals surface area contributed by atoms with Crippen LogP contribution in [-0.2, 0) is 14.8 Å². The molecule has 3 fully saturated rings. The number of benzene rings is 2. The number of nitrogens with one attached hydrogen (secondary N) is 2. The molecule has 0 aromatic heterocycles. The monoisotopic (exact) mass is 399 g/mol. The third kappa shape index (κ3) is 4.20. The number of rotatable bonds is 5. The highest BCUT2D eigenvalue weighted by atomic mass is 32.2. The highest BCUT2D eigenvalue weighted by molar-refractivity contribution is 7.92. The SMILES string of the molecule is CS(=O)(=O)Nc1cc(-c2ccccc2)ccc1NC(=O)C1CN2CCC1CC2. The number of piperidine rings is 3. The Morgan fingerprint density at radius 1 is 1.00 bits per heavy atom. The van der Waals surface area contributed by atoms with Crippen molar-refractivity contribution >= 4 is 27.3 Å². The zero-order chi connectivity index (χ0) is 19.7. The number of carbonyl (C=O) groups excluding carboxylic acids is 1. The van der Waals surface area contributed by atoms with Crippen LogP contribution in [0.4, 0.5) is 11.4 Å². The van der Waals surface area contributed by atoms with E-state index in [2.05, 4.69) is 14.9 Å². The lowest BCUT2D eigenvalue weighted by molar-refractivity contribution is -0.125. The van der Waals surface area contributed by atoms with Crippen molar-refractivity contribution in [2.75, 3.05) is 35.9 Å². The molecule has 3 aliphatic heterocycles. The van der Waals surface area contributed by atoms with Crippen LogP contribution < -0.4 is 10.0 Å². The Morgan fingerprint density at radius 2 is 1.71 bits per heavy atom. The van der Waals surface area contributed by atoms with E-state index >= 15 is 0 Å². The maximum absolute atomic E-state index is 12.9. The van der Waals surface area contributed by atoms with Crippen molar-refractivity contribution in [3.05, 3.63) is 48.5 Å². The van der Waals surface area contributed by atoms with Gasteiger partial charge in [-0.15, -0.1) is 0 Å². The highest BCUT2D eigenvalue weighted by Crippen LogP contribution is 2.35. The number of sulfonamides is 1. The molecule has 1 atom stereocenters. The van der Waals surface area contributed by atoms with Gasteiger partial charge in [-0.05, 0) is 55.1 Å². The maximum atomic E-state index is 12.9. The highest BCUT2D eigenvalue weighted by Gasteiger charge is 2.38. The summed E-state index contributed by atoms with van der Waals surface area (Å²) in [6.45, 7) is 2.93. The van der Waals surface area contributed by atoms with Crippen LogP contribution in [0.5, 0.6) is 0 Å². The summed E-state index contributed by atoms with van der Waals surface area (Å²) in [5.74, 6) is 0.348. The number of nitrogens with zero attached hydrogens (tertiary/aromatic N) is 1. The molecule has 28 heavy (non-hydrogen) atoms. The zero-order valence-corrected chi connectivity index (χ0v) is 16.7. The maximum Gasteiger partial charge on any atom is 0.229 e. The second kappa shape index (κ2) is 7.56. The molecule has 0 spiro atoms. The molecule has 0 aliphatic carbocycles. The van der Waals surface area contributed by atoms with Gasteiger partial charge in [0, 0.05) is 6.54 Å². The van der Waals surface area contributed by atoms with E-state index < -0.39 is 10.0 Å². The average Bonchev–Trinajstić information content (AvgIpc) is 2.69. The van der Waals surface area contributed by atoms with Crippen LogP contribution in [0.25, 0.3) is 11.1 Å². The van der Waals surface area contributed by atoms with Crippen molar-refractivity contribution in [3.63, 3.8) is 0 Å². The molecule has 2 bridgehead atoms. The van der Waals surface area contributed by atoms with E-state index in [0.29, 0.717) is 17.3 Å². The molecule has 0 saturated carbocycles. The first-order valence-electron chi connectivity index (χ1n) is 9.59. The van der Waals surface area contributed by atoms with Gasteiger partial charge in [0.2, 0.25) is 15.9 Å². The Balaban J connectivity index is 1.61. The molecule has 3 aliphatic rings. The van der Waals surface area contributed by atoms with Gasteiger partial charge in [0.25, 0.3) is 0 Å². The molecule has 6 nitrogen and oxygen atoms in total. The van der Waals surface area contributed by atoms with Gasteiger partial charge in [-0.25, -0.2) is 8.42 Å². The van der Waals surface area contributed by atoms with Gasteiger partial charge in [-0.3, -0.25) is 9.52 Å².